The predicted octanol–water partition coefficient (Wildman–Crippen LogP) is 1.46. The van der Waals surface area contributed by atoms with Gasteiger partial charge in [-0.2, -0.15) is 0 Å². The number of allylic oxidation sites excluding steroid dienone is 1. The number of nitrogens with one attached hydrogen (secondary N) is 2. The quantitative estimate of drug-likeness (QED) is 0.672. The zero-order chi connectivity index (χ0) is 21.3. The number of aliphatic hydroxyl groups is 1. The van der Waals surface area contributed by atoms with Crippen molar-refractivity contribution in [1.29, 1.82) is 0 Å². The Balaban J connectivity index is 1.50. The first-order valence-corrected chi connectivity index (χ1v) is 10.2. The average molecular weight is 409 g/mol. The van der Waals surface area contributed by atoms with Crippen molar-refractivity contribution in [2.75, 3.05) is 13.7 Å². The maximum Gasteiger partial charge on any atom is 0.258 e. The Morgan fingerprint density at radius 1 is 1.37 bits per heavy atom. The number of amides is 1. The fraction of sp³-hybridized carbons (Fsp3) is 0.391. The number of nitrogens with zero attached hydrogens (tertiary/aromatic N) is 1. The molecule has 0 radical (unpaired) electrons. The van der Waals surface area contributed by atoms with Gasteiger partial charge in [0, 0.05) is 42.8 Å². The number of benzene rings is 1. The third-order valence-electron chi connectivity index (χ3n) is 6.16. The minimum absolute atomic E-state index is 0.00359. The molecule has 7 nitrogen and oxygen atoms in total. The van der Waals surface area contributed by atoms with Gasteiger partial charge in [0.1, 0.15) is 5.75 Å². The smallest absolute Gasteiger partial charge is 0.258 e. The molecule has 2 aromatic rings. The molecule has 1 fully saturated rings. The lowest BCUT2D eigenvalue weighted by atomic mass is 9.88. The van der Waals surface area contributed by atoms with Gasteiger partial charge >= 0.3 is 0 Å². The molecule has 158 valence electrons. The highest BCUT2D eigenvalue weighted by Crippen LogP contribution is 2.42. The topological polar surface area (TPSA) is 92.6 Å². The van der Waals surface area contributed by atoms with E-state index in [-0.39, 0.29) is 36.0 Å². The molecule has 0 unspecified atom stereocenters. The van der Waals surface area contributed by atoms with E-state index in [9.17, 15) is 14.7 Å². The summed E-state index contributed by atoms with van der Waals surface area (Å²) in [6, 6.07) is 10.7. The minimum atomic E-state index is -0.505. The number of aliphatic hydroxyl groups excluding tert-OH is 1. The number of hydrogen-bond acceptors (Lipinski definition) is 5. The zero-order valence-corrected chi connectivity index (χ0v) is 17.2. The molecule has 2 aliphatic heterocycles. The summed E-state index contributed by atoms with van der Waals surface area (Å²) < 4.78 is 6.99. The lowest BCUT2D eigenvalue weighted by Gasteiger charge is -2.21. The molecule has 1 saturated heterocycles. The van der Waals surface area contributed by atoms with Gasteiger partial charge in [-0.3, -0.25) is 14.9 Å². The van der Waals surface area contributed by atoms with Crippen LogP contribution in [0.15, 0.2) is 47.3 Å². The number of methoxy groups -OCH3 is 1. The molecule has 4 atom stereocenters. The van der Waals surface area contributed by atoms with E-state index in [1.54, 1.807) is 17.8 Å². The third-order valence-corrected chi connectivity index (χ3v) is 6.16. The van der Waals surface area contributed by atoms with Crippen molar-refractivity contribution in [3.63, 3.8) is 0 Å². The molecule has 30 heavy (non-hydrogen) atoms. The van der Waals surface area contributed by atoms with E-state index in [4.69, 9.17) is 4.74 Å². The highest BCUT2D eigenvalue weighted by molar-refractivity contribution is 5.82. The first-order valence-electron chi connectivity index (χ1n) is 10.2. The molecular weight excluding hydrogens is 382 g/mol. The summed E-state index contributed by atoms with van der Waals surface area (Å²) >= 11 is 0. The molecular formula is C23H27N3O4. The fourth-order valence-corrected chi connectivity index (χ4v) is 4.66. The van der Waals surface area contributed by atoms with Crippen molar-refractivity contribution in [3.8, 4) is 5.75 Å². The van der Waals surface area contributed by atoms with Gasteiger partial charge in [-0.25, -0.2) is 0 Å². The Bertz CT molecular complexity index is 1030. The van der Waals surface area contributed by atoms with E-state index in [1.807, 2.05) is 49.4 Å². The Morgan fingerprint density at radius 2 is 2.20 bits per heavy atom. The van der Waals surface area contributed by atoms with Gasteiger partial charge in [0.2, 0.25) is 5.91 Å². The number of carbonyl (C=O) groups is 1. The van der Waals surface area contributed by atoms with E-state index in [0.717, 1.165) is 17.0 Å². The maximum atomic E-state index is 12.9. The molecule has 0 spiro atoms. The number of hydrogen-bond donors (Lipinski definition) is 3. The van der Waals surface area contributed by atoms with Crippen molar-refractivity contribution in [2.24, 2.45) is 11.8 Å². The number of fused-ring (bicyclic) bond motifs is 3. The number of pyridine rings is 1. The number of carbonyl (C=O) groups excluding carboxylic acids is 1. The fourth-order valence-electron chi connectivity index (χ4n) is 4.66. The Labute approximate surface area is 175 Å². The third kappa shape index (κ3) is 3.55. The number of aromatic nitrogens is 1. The molecule has 0 saturated carbocycles. The SMILES string of the molecule is CC=Cc1ccc2n(c1=O)C[C@H]1[C@H](CO)[C@@H](C(=O)NCc3cccc(OC)c3)N[C@@H]21. The van der Waals surface area contributed by atoms with Gasteiger partial charge in [-0.05, 0) is 36.8 Å². The van der Waals surface area contributed by atoms with E-state index < -0.39 is 6.04 Å². The predicted molar refractivity (Wildman–Crippen MR) is 114 cm³/mol. The van der Waals surface area contributed by atoms with Gasteiger partial charge in [-0.1, -0.05) is 24.3 Å². The summed E-state index contributed by atoms with van der Waals surface area (Å²) in [5.41, 5.74) is 2.43. The summed E-state index contributed by atoms with van der Waals surface area (Å²) in [4.78, 5) is 25.6. The van der Waals surface area contributed by atoms with Crippen molar-refractivity contribution >= 4 is 12.0 Å². The summed E-state index contributed by atoms with van der Waals surface area (Å²) in [6.45, 7) is 2.65. The summed E-state index contributed by atoms with van der Waals surface area (Å²) in [7, 11) is 1.61. The lowest BCUT2D eigenvalue weighted by molar-refractivity contribution is -0.124. The van der Waals surface area contributed by atoms with Crippen molar-refractivity contribution in [3.05, 3.63) is 69.6 Å². The first-order chi connectivity index (χ1) is 14.6. The average Bonchev–Trinajstić information content (AvgIpc) is 3.30. The molecule has 1 aromatic carbocycles. The second-order valence-electron chi connectivity index (χ2n) is 7.83. The van der Waals surface area contributed by atoms with Crippen LogP contribution in [0.3, 0.4) is 0 Å². The van der Waals surface area contributed by atoms with Gasteiger partial charge in [0.15, 0.2) is 0 Å². The molecule has 3 heterocycles. The molecule has 1 amide bonds. The molecule has 1 aromatic heterocycles. The lowest BCUT2D eigenvalue weighted by Crippen LogP contribution is -2.46. The van der Waals surface area contributed by atoms with Crippen LogP contribution in [0.2, 0.25) is 0 Å². The van der Waals surface area contributed by atoms with E-state index in [1.165, 1.54) is 0 Å². The molecule has 0 aliphatic carbocycles. The normalized spacial score (nSPS) is 24.6. The second-order valence-corrected chi connectivity index (χ2v) is 7.83. The second kappa shape index (κ2) is 8.45. The van der Waals surface area contributed by atoms with E-state index in [2.05, 4.69) is 10.6 Å². The number of rotatable bonds is 6. The maximum absolute atomic E-state index is 12.9. The van der Waals surface area contributed by atoms with Crippen LogP contribution in [-0.4, -0.2) is 35.3 Å². The van der Waals surface area contributed by atoms with Crippen molar-refractivity contribution < 1.29 is 14.6 Å². The Hall–Kier alpha value is -2.90. The Kier molecular flexibility index (Phi) is 5.74. The minimum Gasteiger partial charge on any atom is -0.497 e. The summed E-state index contributed by atoms with van der Waals surface area (Å²) in [5.74, 6) is 0.328. The van der Waals surface area contributed by atoms with E-state index >= 15 is 0 Å². The van der Waals surface area contributed by atoms with Crippen molar-refractivity contribution in [2.45, 2.75) is 32.1 Å². The van der Waals surface area contributed by atoms with Crippen LogP contribution in [0.25, 0.3) is 6.08 Å². The van der Waals surface area contributed by atoms with Crippen LogP contribution < -0.4 is 20.9 Å². The van der Waals surface area contributed by atoms with Gasteiger partial charge in [0.05, 0.1) is 19.2 Å². The Morgan fingerprint density at radius 3 is 2.93 bits per heavy atom. The molecule has 7 heteroatoms. The summed E-state index contributed by atoms with van der Waals surface area (Å²) in [6.07, 6.45) is 3.65. The van der Waals surface area contributed by atoms with Crippen LogP contribution in [-0.2, 0) is 17.9 Å². The zero-order valence-electron chi connectivity index (χ0n) is 17.2. The molecule has 0 bridgehead atoms. The molecule has 3 N–H and O–H groups in total. The van der Waals surface area contributed by atoms with Crippen LogP contribution in [0.4, 0.5) is 0 Å². The van der Waals surface area contributed by atoms with E-state index in [0.29, 0.717) is 18.7 Å². The molecule has 2 aliphatic rings. The van der Waals surface area contributed by atoms with Crippen LogP contribution in [0, 0.1) is 11.8 Å². The van der Waals surface area contributed by atoms with Gasteiger partial charge in [0.25, 0.3) is 5.56 Å². The highest BCUT2D eigenvalue weighted by atomic mass is 16.5. The standard InChI is InChI=1S/C23H27N3O4/c1-3-5-15-8-9-19-20-17(12-26(19)23(15)29)18(13-27)21(25-20)22(28)24-11-14-6-4-7-16(10-14)30-2/h3-10,17-18,20-21,25,27H,11-13H2,1-2H3,(H,24,28)/t17-,18-,20+,21-/m0/s1. The van der Waals surface area contributed by atoms with Gasteiger partial charge in [-0.15, -0.1) is 0 Å². The summed E-state index contributed by atoms with van der Waals surface area (Å²) in [5, 5.41) is 16.4. The molecule has 4 rings (SSSR count). The number of ether oxygens (including phenoxy) is 1. The highest BCUT2D eigenvalue weighted by Gasteiger charge is 2.50. The van der Waals surface area contributed by atoms with Crippen molar-refractivity contribution in [1.82, 2.24) is 15.2 Å². The van der Waals surface area contributed by atoms with Crippen LogP contribution >= 0.6 is 0 Å². The first kappa shape index (κ1) is 20.4. The van der Waals surface area contributed by atoms with Crippen LogP contribution in [0.5, 0.6) is 5.75 Å². The largest absolute Gasteiger partial charge is 0.497 e. The van der Waals surface area contributed by atoms with Gasteiger partial charge < -0.3 is 19.7 Å². The monoisotopic (exact) mass is 409 g/mol. The van der Waals surface area contributed by atoms with Crippen LogP contribution in [0.1, 0.15) is 29.8 Å².